The number of methoxy groups -OCH3 is 1. The highest BCUT2D eigenvalue weighted by atomic mass is 32.2. The van der Waals surface area contributed by atoms with Gasteiger partial charge in [0.15, 0.2) is 5.78 Å². The maximum Gasteiger partial charge on any atom is 0.230 e. The summed E-state index contributed by atoms with van der Waals surface area (Å²) < 4.78 is 18.8. The third-order valence-electron chi connectivity index (χ3n) is 3.85. The molecule has 4 nitrogen and oxygen atoms in total. The Morgan fingerprint density at radius 2 is 1.92 bits per heavy atom. The SMILES string of the molecule is COc1ccc(C(C)=O)cc1CSCC(=O)NCCc1ccccc1F. The molecular weight excluding hydrogens is 353 g/mol. The first kappa shape index (κ1) is 20.0. The molecule has 0 saturated carbocycles. The molecule has 0 saturated heterocycles. The van der Waals surface area contributed by atoms with E-state index in [9.17, 15) is 14.0 Å². The summed E-state index contributed by atoms with van der Waals surface area (Å²) in [5.41, 5.74) is 2.09. The van der Waals surface area contributed by atoms with E-state index in [2.05, 4.69) is 5.32 Å². The average Bonchev–Trinajstić information content (AvgIpc) is 2.63. The van der Waals surface area contributed by atoms with Gasteiger partial charge in [0.05, 0.1) is 12.9 Å². The Hall–Kier alpha value is -2.34. The van der Waals surface area contributed by atoms with Gasteiger partial charge in [-0.05, 0) is 43.2 Å². The molecule has 2 aromatic rings. The third-order valence-corrected chi connectivity index (χ3v) is 4.83. The van der Waals surface area contributed by atoms with Gasteiger partial charge in [0.2, 0.25) is 5.91 Å². The summed E-state index contributed by atoms with van der Waals surface area (Å²) in [6.07, 6.45) is 0.456. The number of halogens is 1. The van der Waals surface area contributed by atoms with Gasteiger partial charge in [0.25, 0.3) is 0 Å². The predicted molar refractivity (Wildman–Crippen MR) is 102 cm³/mol. The van der Waals surface area contributed by atoms with Gasteiger partial charge < -0.3 is 10.1 Å². The number of hydrogen-bond donors (Lipinski definition) is 1. The monoisotopic (exact) mass is 375 g/mol. The van der Waals surface area contributed by atoms with E-state index < -0.39 is 0 Å². The number of Topliss-reactive ketones (excluding diaryl/α,β-unsaturated/α-hetero) is 1. The lowest BCUT2D eigenvalue weighted by molar-refractivity contribution is -0.118. The van der Waals surface area contributed by atoms with Crippen molar-refractivity contribution < 1.29 is 18.7 Å². The lowest BCUT2D eigenvalue weighted by atomic mass is 10.1. The Kier molecular flexibility index (Phi) is 7.66. The number of hydrogen-bond acceptors (Lipinski definition) is 4. The number of carbonyl (C=O) groups is 2. The molecule has 0 aromatic heterocycles. The Labute approximate surface area is 157 Å². The van der Waals surface area contributed by atoms with Crippen molar-refractivity contribution in [1.82, 2.24) is 5.32 Å². The Balaban J connectivity index is 1.78. The van der Waals surface area contributed by atoms with Crippen molar-refractivity contribution in [1.29, 1.82) is 0 Å². The molecule has 0 unspecified atom stereocenters. The number of ether oxygens (including phenoxy) is 1. The molecule has 6 heteroatoms. The van der Waals surface area contributed by atoms with Crippen LogP contribution in [0, 0.1) is 5.82 Å². The van der Waals surface area contributed by atoms with Crippen molar-refractivity contribution in [2.24, 2.45) is 0 Å². The molecule has 2 rings (SSSR count). The molecule has 0 spiro atoms. The van der Waals surface area contributed by atoms with Crippen molar-refractivity contribution in [3.63, 3.8) is 0 Å². The van der Waals surface area contributed by atoms with Crippen molar-refractivity contribution in [3.05, 3.63) is 65.0 Å². The first-order valence-electron chi connectivity index (χ1n) is 8.27. The van der Waals surface area contributed by atoms with Crippen LogP contribution in [-0.4, -0.2) is 31.1 Å². The Morgan fingerprint density at radius 3 is 2.62 bits per heavy atom. The van der Waals surface area contributed by atoms with Crippen molar-refractivity contribution >= 4 is 23.5 Å². The molecule has 1 N–H and O–H groups in total. The minimum atomic E-state index is -0.256. The largest absolute Gasteiger partial charge is 0.496 e. The van der Waals surface area contributed by atoms with E-state index in [4.69, 9.17) is 4.74 Å². The van der Waals surface area contributed by atoms with Crippen molar-refractivity contribution in [2.45, 2.75) is 19.1 Å². The maximum absolute atomic E-state index is 13.5. The van der Waals surface area contributed by atoms with Crippen molar-refractivity contribution in [3.8, 4) is 5.75 Å². The second kappa shape index (κ2) is 9.97. The molecule has 0 aliphatic heterocycles. The van der Waals surface area contributed by atoms with Crippen LogP contribution in [0.3, 0.4) is 0 Å². The van der Waals surface area contributed by atoms with Crippen LogP contribution in [0.1, 0.15) is 28.4 Å². The minimum absolute atomic E-state index is 0.00945. The maximum atomic E-state index is 13.5. The van der Waals surface area contributed by atoms with Crippen LogP contribution in [0.2, 0.25) is 0 Å². The quantitative estimate of drug-likeness (QED) is 0.680. The molecule has 26 heavy (non-hydrogen) atoms. The lowest BCUT2D eigenvalue weighted by Crippen LogP contribution is -2.27. The molecule has 0 aliphatic rings. The number of ketones is 1. The second-order valence-electron chi connectivity index (χ2n) is 5.77. The lowest BCUT2D eigenvalue weighted by Gasteiger charge is -2.10. The van der Waals surface area contributed by atoms with E-state index in [0.29, 0.717) is 35.6 Å². The fourth-order valence-corrected chi connectivity index (χ4v) is 3.29. The summed E-state index contributed by atoms with van der Waals surface area (Å²) >= 11 is 1.44. The average molecular weight is 375 g/mol. The van der Waals surface area contributed by atoms with Gasteiger partial charge in [-0.1, -0.05) is 18.2 Å². The number of benzene rings is 2. The summed E-state index contributed by atoms with van der Waals surface area (Å²) in [4.78, 5) is 23.4. The van der Waals surface area contributed by atoms with Gasteiger partial charge in [-0.25, -0.2) is 4.39 Å². The molecule has 138 valence electrons. The van der Waals surface area contributed by atoms with Crippen LogP contribution in [0.5, 0.6) is 5.75 Å². The number of nitrogens with one attached hydrogen (secondary N) is 1. The minimum Gasteiger partial charge on any atom is -0.496 e. The van der Waals surface area contributed by atoms with Gasteiger partial charge in [-0.3, -0.25) is 9.59 Å². The topological polar surface area (TPSA) is 55.4 Å². The third kappa shape index (κ3) is 5.88. The highest BCUT2D eigenvalue weighted by Crippen LogP contribution is 2.24. The van der Waals surface area contributed by atoms with E-state index in [1.807, 2.05) is 0 Å². The first-order chi connectivity index (χ1) is 12.5. The number of carbonyl (C=O) groups excluding carboxylic acids is 2. The van der Waals surface area contributed by atoms with Crippen LogP contribution >= 0.6 is 11.8 Å². The Morgan fingerprint density at radius 1 is 1.15 bits per heavy atom. The number of amides is 1. The molecule has 0 heterocycles. The van der Waals surface area contributed by atoms with E-state index in [1.165, 1.54) is 24.8 Å². The van der Waals surface area contributed by atoms with E-state index in [-0.39, 0.29) is 23.3 Å². The predicted octanol–water partition coefficient (Wildman–Crippen LogP) is 3.63. The molecule has 0 atom stereocenters. The highest BCUT2D eigenvalue weighted by Gasteiger charge is 2.09. The van der Waals surface area contributed by atoms with E-state index in [0.717, 1.165) is 5.56 Å². The summed E-state index contributed by atoms with van der Waals surface area (Å²) in [7, 11) is 1.58. The van der Waals surface area contributed by atoms with Gasteiger partial charge in [-0.2, -0.15) is 0 Å². The van der Waals surface area contributed by atoms with Gasteiger partial charge in [0, 0.05) is 23.4 Å². The summed E-state index contributed by atoms with van der Waals surface area (Å²) in [5.74, 6) is 1.17. The smallest absolute Gasteiger partial charge is 0.230 e. The molecule has 0 radical (unpaired) electrons. The van der Waals surface area contributed by atoms with E-state index in [1.54, 1.807) is 43.5 Å². The number of rotatable bonds is 9. The van der Waals surface area contributed by atoms with Crippen LogP contribution in [0.15, 0.2) is 42.5 Å². The zero-order valence-corrected chi connectivity index (χ0v) is 15.7. The molecule has 0 fully saturated rings. The van der Waals surface area contributed by atoms with Gasteiger partial charge >= 0.3 is 0 Å². The zero-order valence-electron chi connectivity index (χ0n) is 14.9. The fourth-order valence-electron chi connectivity index (χ4n) is 2.45. The van der Waals surface area contributed by atoms with Gasteiger partial charge in [0.1, 0.15) is 11.6 Å². The van der Waals surface area contributed by atoms with Crippen LogP contribution in [0.25, 0.3) is 0 Å². The second-order valence-corrected chi connectivity index (χ2v) is 6.75. The first-order valence-corrected chi connectivity index (χ1v) is 9.42. The normalized spacial score (nSPS) is 10.4. The molecular formula is C20H22FNO3S. The number of thioether (sulfide) groups is 1. The molecule has 1 amide bonds. The molecule has 0 aliphatic carbocycles. The Bertz CT molecular complexity index is 779. The zero-order chi connectivity index (χ0) is 18.9. The van der Waals surface area contributed by atoms with Crippen LogP contribution in [-0.2, 0) is 17.0 Å². The van der Waals surface area contributed by atoms with Crippen LogP contribution < -0.4 is 10.1 Å². The molecule has 0 bridgehead atoms. The van der Waals surface area contributed by atoms with Crippen LogP contribution in [0.4, 0.5) is 4.39 Å². The summed E-state index contributed by atoms with van der Waals surface area (Å²) in [5, 5.41) is 2.79. The summed E-state index contributed by atoms with van der Waals surface area (Å²) in [6, 6.07) is 11.8. The van der Waals surface area contributed by atoms with Gasteiger partial charge in [-0.15, -0.1) is 11.8 Å². The fraction of sp³-hybridized carbons (Fsp3) is 0.300. The van der Waals surface area contributed by atoms with Crippen molar-refractivity contribution in [2.75, 3.05) is 19.4 Å². The molecule has 2 aromatic carbocycles. The highest BCUT2D eigenvalue weighted by molar-refractivity contribution is 7.99. The van der Waals surface area contributed by atoms with E-state index >= 15 is 0 Å². The summed E-state index contributed by atoms with van der Waals surface area (Å²) in [6.45, 7) is 1.91. The standard InChI is InChI=1S/C20H22FNO3S/c1-14(23)16-7-8-19(25-2)17(11-16)12-26-13-20(24)22-10-9-15-5-3-4-6-18(15)21/h3-8,11H,9-10,12-13H2,1-2H3,(H,22,24).